The highest BCUT2D eigenvalue weighted by Gasteiger charge is 2.16. The number of benzene rings is 2. The molecule has 0 fully saturated rings. The number of halogens is 1. The van der Waals surface area contributed by atoms with Crippen molar-refractivity contribution in [3.63, 3.8) is 0 Å². The van der Waals surface area contributed by atoms with Crippen molar-refractivity contribution < 1.29 is 9.90 Å². The summed E-state index contributed by atoms with van der Waals surface area (Å²) in [5, 5.41) is 19.9. The zero-order chi connectivity index (χ0) is 17.3. The van der Waals surface area contributed by atoms with Crippen LogP contribution >= 0.6 is 12.4 Å². The summed E-state index contributed by atoms with van der Waals surface area (Å²) in [6.45, 7) is 0. The van der Waals surface area contributed by atoms with Gasteiger partial charge in [-0.2, -0.15) is 0 Å². The minimum atomic E-state index is -0.590. The number of hydrogen-bond donors (Lipinski definition) is 4. The molecule has 8 heteroatoms. The minimum absolute atomic E-state index is 0. The Kier molecular flexibility index (Phi) is 5.09. The highest BCUT2D eigenvalue weighted by atomic mass is 35.5. The van der Waals surface area contributed by atoms with Crippen LogP contribution in [-0.4, -0.2) is 21.5 Å². The van der Waals surface area contributed by atoms with E-state index >= 15 is 0 Å². The molecule has 1 aromatic heterocycles. The average Bonchev–Trinajstić information content (AvgIpc) is 2.54. The normalized spacial score (nSPS) is 10.1. The van der Waals surface area contributed by atoms with Gasteiger partial charge >= 0.3 is 0 Å². The Labute approximate surface area is 148 Å². The lowest BCUT2D eigenvalue weighted by molar-refractivity contribution is 0.0977. The largest absolute Gasteiger partial charge is 0.508 e. The molecule has 2 aromatic carbocycles. The monoisotopic (exact) mass is 358 g/mol. The van der Waals surface area contributed by atoms with Crippen molar-refractivity contribution in [1.82, 2.24) is 9.88 Å². The first-order valence-corrected chi connectivity index (χ1v) is 7.06. The topological polar surface area (TPSA) is 121 Å². The van der Waals surface area contributed by atoms with Gasteiger partial charge < -0.3 is 10.8 Å². The molecule has 0 atom stereocenters. The van der Waals surface area contributed by atoms with Gasteiger partial charge in [0.15, 0.2) is 5.96 Å². The zero-order valence-electron chi connectivity index (χ0n) is 12.9. The van der Waals surface area contributed by atoms with Crippen LogP contribution in [0.3, 0.4) is 0 Å². The summed E-state index contributed by atoms with van der Waals surface area (Å²) in [6, 6.07) is 12.8. The minimum Gasteiger partial charge on any atom is -0.508 e. The number of aromatic nitrogens is 1. The molecule has 1 amide bonds. The second-order valence-electron chi connectivity index (χ2n) is 5.15. The zero-order valence-corrected chi connectivity index (χ0v) is 13.7. The van der Waals surface area contributed by atoms with Crippen LogP contribution in [0.15, 0.2) is 59.5 Å². The Bertz CT molecular complexity index is 1030. The predicted molar refractivity (Wildman–Crippen MR) is 97.8 cm³/mol. The van der Waals surface area contributed by atoms with Crippen LogP contribution < -0.4 is 16.6 Å². The molecular weight excluding hydrogens is 344 g/mol. The van der Waals surface area contributed by atoms with Gasteiger partial charge in [-0.25, -0.2) is 0 Å². The summed E-state index contributed by atoms with van der Waals surface area (Å²) in [6.07, 6.45) is 1.37. The van der Waals surface area contributed by atoms with E-state index in [9.17, 15) is 14.7 Å². The fourth-order valence-corrected chi connectivity index (χ4v) is 2.50. The number of fused-ring (bicyclic) bond motifs is 1. The fourth-order valence-electron chi connectivity index (χ4n) is 2.50. The Balaban J connectivity index is 0.00000225. The number of nitrogens with two attached hydrogens (primary N) is 1. The summed E-state index contributed by atoms with van der Waals surface area (Å²) in [5.41, 5.74) is 5.52. The smallest absolute Gasteiger partial charge is 0.262 e. The summed E-state index contributed by atoms with van der Waals surface area (Å²) in [7, 11) is 0. The van der Waals surface area contributed by atoms with Crippen molar-refractivity contribution >= 4 is 35.0 Å². The Hall–Kier alpha value is -3.32. The van der Waals surface area contributed by atoms with Crippen LogP contribution in [0.1, 0.15) is 10.4 Å². The van der Waals surface area contributed by atoms with Crippen molar-refractivity contribution in [3.8, 4) is 11.4 Å². The van der Waals surface area contributed by atoms with Gasteiger partial charge in [-0.3, -0.25) is 24.9 Å². The number of guanidine groups is 1. The molecule has 0 radical (unpaired) electrons. The van der Waals surface area contributed by atoms with E-state index in [0.29, 0.717) is 16.5 Å². The molecule has 1 heterocycles. The molecule has 0 saturated carbocycles. The van der Waals surface area contributed by atoms with Crippen molar-refractivity contribution in [3.05, 3.63) is 70.6 Å². The van der Waals surface area contributed by atoms with Crippen molar-refractivity contribution in [2.75, 3.05) is 0 Å². The molecule has 128 valence electrons. The van der Waals surface area contributed by atoms with E-state index in [0.717, 1.165) is 0 Å². The first-order chi connectivity index (χ1) is 11.5. The number of rotatable bonds is 2. The van der Waals surface area contributed by atoms with Gasteiger partial charge in [-0.15, -0.1) is 12.4 Å². The molecule has 0 saturated heterocycles. The van der Waals surface area contributed by atoms with Gasteiger partial charge in [0.05, 0.1) is 11.3 Å². The fraction of sp³-hybridized carbons (Fsp3) is 0. The van der Waals surface area contributed by atoms with E-state index in [1.54, 1.807) is 36.4 Å². The van der Waals surface area contributed by atoms with Gasteiger partial charge in [0.25, 0.3) is 11.5 Å². The van der Waals surface area contributed by atoms with Crippen LogP contribution in [0.25, 0.3) is 16.5 Å². The van der Waals surface area contributed by atoms with Crippen molar-refractivity contribution in [2.45, 2.75) is 0 Å². The quantitative estimate of drug-likeness (QED) is 0.411. The van der Waals surface area contributed by atoms with Crippen LogP contribution in [0, 0.1) is 5.41 Å². The van der Waals surface area contributed by atoms with Gasteiger partial charge in [0.1, 0.15) is 5.75 Å². The third-order valence-corrected chi connectivity index (χ3v) is 3.53. The number of carbonyl (C=O) groups excluding carboxylic acids is 1. The Morgan fingerprint density at radius 1 is 1.12 bits per heavy atom. The second-order valence-corrected chi connectivity index (χ2v) is 5.15. The Morgan fingerprint density at radius 2 is 1.80 bits per heavy atom. The first kappa shape index (κ1) is 18.0. The lowest BCUT2D eigenvalue weighted by Gasteiger charge is -2.12. The van der Waals surface area contributed by atoms with Crippen molar-refractivity contribution in [2.24, 2.45) is 5.73 Å². The van der Waals surface area contributed by atoms with E-state index in [2.05, 4.69) is 5.32 Å². The van der Waals surface area contributed by atoms with Crippen LogP contribution in [0.5, 0.6) is 5.75 Å². The maximum absolute atomic E-state index is 12.7. The molecular formula is C17H15ClN4O3. The third-order valence-electron chi connectivity index (χ3n) is 3.53. The van der Waals surface area contributed by atoms with Gasteiger partial charge in [-0.05, 0) is 18.2 Å². The maximum Gasteiger partial charge on any atom is 0.262 e. The molecule has 7 nitrogen and oxygen atoms in total. The predicted octanol–water partition coefficient (Wildman–Crippen LogP) is 1.74. The molecule has 0 aliphatic rings. The number of phenols is 1. The number of nitrogens with zero attached hydrogens (tertiary/aromatic N) is 1. The van der Waals surface area contributed by atoms with E-state index < -0.39 is 11.9 Å². The number of nitrogens with one attached hydrogen (secondary N) is 2. The molecule has 3 aromatic rings. The summed E-state index contributed by atoms with van der Waals surface area (Å²) < 4.78 is 1.27. The number of amides is 1. The van der Waals surface area contributed by atoms with Crippen LogP contribution in [0.4, 0.5) is 0 Å². The number of aromatic hydroxyl groups is 1. The summed E-state index contributed by atoms with van der Waals surface area (Å²) in [5.74, 6) is -1.07. The van der Waals surface area contributed by atoms with Crippen LogP contribution in [0.2, 0.25) is 0 Å². The van der Waals surface area contributed by atoms with Crippen molar-refractivity contribution in [1.29, 1.82) is 5.41 Å². The van der Waals surface area contributed by atoms with E-state index in [-0.39, 0.29) is 29.3 Å². The molecule has 25 heavy (non-hydrogen) atoms. The molecule has 5 N–H and O–H groups in total. The van der Waals surface area contributed by atoms with Gasteiger partial charge in [-0.1, -0.05) is 24.3 Å². The highest BCUT2D eigenvalue weighted by Crippen LogP contribution is 2.19. The lowest BCUT2D eigenvalue weighted by Crippen LogP contribution is -2.36. The number of carbonyl (C=O) groups is 1. The summed E-state index contributed by atoms with van der Waals surface area (Å²) >= 11 is 0. The van der Waals surface area contributed by atoms with E-state index in [4.69, 9.17) is 11.1 Å². The SMILES string of the molecule is Cl.N=C(N)NC(=O)c1cn(-c2cccc(O)c2)c(=O)c2ccccc12. The van der Waals surface area contributed by atoms with E-state index in [1.807, 2.05) is 0 Å². The number of pyridine rings is 1. The van der Waals surface area contributed by atoms with Gasteiger partial charge in [0.2, 0.25) is 0 Å². The van der Waals surface area contributed by atoms with Crippen LogP contribution in [-0.2, 0) is 0 Å². The molecule has 0 bridgehead atoms. The molecule has 0 aliphatic carbocycles. The third kappa shape index (κ3) is 3.46. The Morgan fingerprint density at radius 3 is 2.44 bits per heavy atom. The molecule has 0 unspecified atom stereocenters. The standard InChI is InChI=1S/C17H14N4O3.ClH/c18-17(19)20-15(23)14-9-21(10-4-3-5-11(22)8-10)16(24)13-7-2-1-6-12(13)14;/h1-9,22H,(H4,18,19,20,23);1H. The summed E-state index contributed by atoms with van der Waals surface area (Å²) in [4.78, 5) is 25.1. The number of hydrogen-bond acceptors (Lipinski definition) is 4. The molecule has 3 rings (SSSR count). The molecule has 0 aliphatic heterocycles. The second kappa shape index (κ2) is 7.06. The molecule has 0 spiro atoms. The lowest BCUT2D eigenvalue weighted by atomic mass is 10.1. The average molecular weight is 359 g/mol. The highest BCUT2D eigenvalue weighted by molar-refractivity contribution is 6.11. The number of phenolic OH excluding ortho intramolecular Hbond substituents is 1. The van der Waals surface area contributed by atoms with E-state index in [1.165, 1.54) is 22.9 Å². The maximum atomic E-state index is 12.7. The van der Waals surface area contributed by atoms with Gasteiger partial charge in [0, 0.05) is 23.0 Å². The first-order valence-electron chi connectivity index (χ1n) is 7.06.